The Bertz CT molecular complexity index is 382. The minimum absolute atomic E-state index is 0.0865. The van der Waals surface area contributed by atoms with Gasteiger partial charge in [-0.1, -0.05) is 0 Å². The van der Waals surface area contributed by atoms with E-state index in [9.17, 15) is 5.11 Å². The Balaban J connectivity index is 2.08. The van der Waals surface area contributed by atoms with Gasteiger partial charge in [-0.15, -0.1) is 0 Å². The second-order valence-electron chi connectivity index (χ2n) is 4.68. The highest BCUT2D eigenvalue weighted by Gasteiger charge is 2.41. The number of hydrogen-bond donors (Lipinski definition) is 3. The van der Waals surface area contributed by atoms with E-state index >= 15 is 0 Å². The van der Waals surface area contributed by atoms with Crippen molar-refractivity contribution in [1.82, 2.24) is 9.78 Å². The Morgan fingerprint density at radius 3 is 2.75 bits per heavy atom. The minimum Gasteiger partial charge on any atom is -0.396 e. The largest absolute Gasteiger partial charge is 0.396 e. The van der Waals surface area contributed by atoms with Gasteiger partial charge in [0.25, 0.3) is 0 Å². The van der Waals surface area contributed by atoms with Gasteiger partial charge in [-0.05, 0) is 26.7 Å². The molecule has 90 valence electrons. The summed E-state index contributed by atoms with van der Waals surface area (Å²) in [6, 6.07) is 0. The molecule has 0 atom stereocenters. The van der Waals surface area contributed by atoms with Crippen molar-refractivity contribution in [1.29, 1.82) is 0 Å². The number of nitrogens with one attached hydrogen (secondary N) is 1. The van der Waals surface area contributed by atoms with Crippen molar-refractivity contribution in [3.05, 3.63) is 5.69 Å². The van der Waals surface area contributed by atoms with Crippen LogP contribution in [0.3, 0.4) is 0 Å². The van der Waals surface area contributed by atoms with Crippen molar-refractivity contribution >= 4 is 11.5 Å². The lowest BCUT2D eigenvalue weighted by atomic mass is 10.1. The van der Waals surface area contributed by atoms with Crippen molar-refractivity contribution < 1.29 is 5.11 Å². The Morgan fingerprint density at radius 2 is 2.25 bits per heavy atom. The lowest BCUT2D eigenvalue weighted by Crippen LogP contribution is -2.21. The molecule has 1 aliphatic carbocycles. The summed E-state index contributed by atoms with van der Waals surface area (Å²) in [7, 11) is 0. The molecule has 0 spiro atoms. The average Bonchev–Trinajstić information content (AvgIpc) is 3.02. The van der Waals surface area contributed by atoms with Crippen molar-refractivity contribution in [2.24, 2.45) is 5.41 Å². The Hall–Kier alpha value is -1.23. The van der Waals surface area contributed by atoms with E-state index in [1.54, 1.807) is 0 Å². The topological polar surface area (TPSA) is 76.1 Å². The Kier molecular flexibility index (Phi) is 2.80. The van der Waals surface area contributed by atoms with Crippen LogP contribution in [0.1, 0.15) is 25.5 Å². The van der Waals surface area contributed by atoms with Crippen LogP contribution < -0.4 is 11.1 Å². The molecule has 0 bridgehead atoms. The molecule has 2 rings (SSSR count). The molecular formula is C11H20N4O. The van der Waals surface area contributed by atoms with Crippen LogP contribution in [0, 0.1) is 12.3 Å². The van der Waals surface area contributed by atoms with E-state index in [1.165, 1.54) is 0 Å². The molecule has 0 aromatic carbocycles. The third-order valence-corrected chi connectivity index (χ3v) is 3.40. The van der Waals surface area contributed by atoms with Gasteiger partial charge in [0.1, 0.15) is 5.82 Å². The van der Waals surface area contributed by atoms with Crippen molar-refractivity contribution in [2.75, 3.05) is 24.2 Å². The maximum Gasteiger partial charge on any atom is 0.148 e. The van der Waals surface area contributed by atoms with Gasteiger partial charge in [-0.3, -0.25) is 0 Å². The fourth-order valence-electron chi connectivity index (χ4n) is 1.85. The molecule has 1 aromatic heterocycles. The van der Waals surface area contributed by atoms with Gasteiger partial charge in [-0.2, -0.15) is 5.10 Å². The number of nitrogens with two attached hydrogens (primary N) is 1. The zero-order valence-electron chi connectivity index (χ0n) is 9.95. The number of aliphatic hydroxyl groups excluding tert-OH is 1. The van der Waals surface area contributed by atoms with Crippen LogP contribution in [-0.4, -0.2) is 28.0 Å². The Labute approximate surface area is 95.6 Å². The Morgan fingerprint density at radius 1 is 1.56 bits per heavy atom. The summed E-state index contributed by atoms with van der Waals surface area (Å²) < 4.78 is 1.87. The summed E-state index contributed by atoms with van der Waals surface area (Å²) in [6.07, 6.45) is 2.19. The quantitative estimate of drug-likeness (QED) is 0.697. The fraction of sp³-hybridized carbons (Fsp3) is 0.727. The molecular weight excluding hydrogens is 204 g/mol. The first-order valence-electron chi connectivity index (χ1n) is 5.79. The van der Waals surface area contributed by atoms with Crippen molar-refractivity contribution in [2.45, 2.75) is 33.2 Å². The summed E-state index contributed by atoms with van der Waals surface area (Å²) in [5.74, 6) is 0.889. The molecule has 5 heteroatoms. The number of nitrogen functional groups attached to an aromatic ring is 1. The number of aryl methyl sites for hydroxylation is 2. The molecule has 0 aliphatic heterocycles. The summed E-state index contributed by atoms with van der Waals surface area (Å²) >= 11 is 0. The van der Waals surface area contributed by atoms with Gasteiger partial charge in [0, 0.05) is 18.5 Å². The third kappa shape index (κ3) is 1.87. The number of nitrogens with zero attached hydrogens (tertiary/aromatic N) is 2. The zero-order chi connectivity index (χ0) is 11.8. The smallest absolute Gasteiger partial charge is 0.148 e. The highest BCUT2D eigenvalue weighted by Crippen LogP contribution is 2.45. The number of rotatable bonds is 5. The molecule has 0 amide bonds. The van der Waals surface area contributed by atoms with Gasteiger partial charge in [0.2, 0.25) is 0 Å². The monoisotopic (exact) mass is 224 g/mol. The van der Waals surface area contributed by atoms with E-state index in [4.69, 9.17) is 5.73 Å². The first-order chi connectivity index (χ1) is 7.62. The first-order valence-corrected chi connectivity index (χ1v) is 5.79. The predicted molar refractivity (Wildman–Crippen MR) is 64.3 cm³/mol. The van der Waals surface area contributed by atoms with E-state index in [0.717, 1.165) is 43.1 Å². The molecule has 1 saturated carbocycles. The summed E-state index contributed by atoms with van der Waals surface area (Å²) in [5.41, 5.74) is 7.63. The number of aliphatic hydroxyl groups is 1. The van der Waals surface area contributed by atoms with Crippen LogP contribution in [0.5, 0.6) is 0 Å². The van der Waals surface area contributed by atoms with Gasteiger partial charge >= 0.3 is 0 Å². The van der Waals surface area contributed by atoms with Gasteiger partial charge in [-0.25, -0.2) is 4.68 Å². The summed E-state index contributed by atoms with van der Waals surface area (Å²) in [4.78, 5) is 0. The van der Waals surface area contributed by atoms with E-state index in [2.05, 4.69) is 10.4 Å². The van der Waals surface area contributed by atoms with Crippen LogP contribution >= 0.6 is 0 Å². The van der Waals surface area contributed by atoms with E-state index < -0.39 is 0 Å². The second-order valence-corrected chi connectivity index (χ2v) is 4.68. The summed E-state index contributed by atoms with van der Waals surface area (Å²) in [6.45, 7) is 5.77. The lowest BCUT2D eigenvalue weighted by Gasteiger charge is -2.15. The molecule has 16 heavy (non-hydrogen) atoms. The highest BCUT2D eigenvalue weighted by molar-refractivity contribution is 5.64. The zero-order valence-corrected chi connectivity index (χ0v) is 9.95. The minimum atomic E-state index is 0.0865. The number of anilines is 2. The molecule has 1 aromatic rings. The van der Waals surface area contributed by atoms with Crippen molar-refractivity contribution in [3.63, 3.8) is 0 Å². The maximum absolute atomic E-state index is 9.24. The first kappa shape index (κ1) is 11.3. The van der Waals surface area contributed by atoms with Gasteiger partial charge < -0.3 is 16.2 Å². The van der Waals surface area contributed by atoms with Gasteiger partial charge in [0.15, 0.2) is 0 Å². The molecule has 0 unspecified atom stereocenters. The van der Waals surface area contributed by atoms with Crippen LogP contribution in [-0.2, 0) is 6.54 Å². The molecule has 4 N–H and O–H groups in total. The van der Waals surface area contributed by atoms with Gasteiger partial charge in [0.05, 0.1) is 18.0 Å². The van der Waals surface area contributed by atoms with E-state index in [-0.39, 0.29) is 12.0 Å². The second kappa shape index (κ2) is 3.97. The SMILES string of the molecule is CCn1nc(C)c(N)c1NCC1(CO)CC1. The van der Waals surface area contributed by atoms with Crippen LogP contribution in [0.25, 0.3) is 0 Å². The van der Waals surface area contributed by atoms with Crippen LogP contribution in [0.15, 0.2) is 0 Å². The lowest BCUT2D eigenvalue weighted by molar-refractivity contribution is 0.219. The molecule has 5 nitrogen and oxygen atoms in total. The van der Waals surface area contributed by atoms with E-state index in [1.807, 2.05) is 18.5 Å². The molecule has 1 fully saturated rings. The molecule has 0 saturated heterocycles. The highest BCUT2D eigenvalue weighted by atomic mass is 16.3. The molecule has 1 aliphatic rings. The molecule has 1 heterocycles. The standard InChI is InChI=1S/C11H20N4O/c1-3-15-10(9(12)8(2)14-15)13-6-11(7-16)4-5-11/h13,16H,3-7,12H2,1-2H3. The third-order valence-electron chi connectivity index (χ3n) is 3.40. The number of hydrogen-bond acceptors (Lipinski definition) is 4. The molecule has 0 radical (unpaired) electrons. The van der Waals surface area contributed by atoms with Crippen LogP contribution in [0.2, 0.25) is 0 Å². The van der Waals surface area contributed by atoms with Crippen LogP contribution in [0.4, 0.5) is 11.5 Å². The summed E-state index contributed by atoms with van der Waals surface area (Å²) in [5, 5.41) is 16.9. The maximum atomic E-state index is 9.24. The van der Waals surface area contributed by atoms with E-state index in [0.29, 0.717) is 0 Å². The average molecular weight is 224 g/mol. The normalized spacial score (nSPS) is 17.4. The predicted octanol–water partition coefficient (Wildman–Crippen LogP) is 0.978. The number of aromatic nitrogens is 2. The van der Waals surface area contributed by atoms with Crippen molar-refractivity contribution in [3.8, 4) is 0 Å². The fourth-order valence-corrected chi connectivity index (χ4v) is 1.85.